The summed E-state index contributed by atoms with van der Waals surface area (Å²) >= 11 is 1.66. The lowest BCUT2D eigenvalue weighted by Crippen LogP contribution is -2.37. The van der Waals surface area contributed by atoms with Gasteiger partial charge in [-0.05, 0) is 6.07 Å². The number of hydrogen-bond acceptors (Lipinski definition) is 6. The smallest absolute Gasteiger partial charge is 0.209 e. The number of H-pyrrole nitrogens is 1. The lowest BCUT2D eigenvalue weighted by atomic mass is 10.2. The number of hydrogen-bond donors (Lipinski definition) is 1. The van der Waals surface area contributed by atoms with Crippen molar-refractivity contribution in [2.24, 2.45) is 0 Å². The summed E-state index contributed by atoms with van der Waals surface area (Å²) in [6.07, 6.45) is 0. The summed E-state index contributed by atoms with van der Waals surface area (Å²) in [5.41, 5.74) is 2.70. The van der Waals surface area contributed by atoms with Gasteiger partial charge in [0.2, 0.25) is 5.16 Å². The quantitative estimate of drug-likeness (QED) is 0.728. The van der Waals surface area contributed by atoms with E-state index in [-0.39, 0.29) is 12.4 Å². The topological polar surface area (TPSA) is 66.9 Å². The molecule has 0 amide bonds. The van der Waals surface area contributed by atoms with E-state index in [0.717, 1.165) is 65.8 Å². The molecular weight excluding hydrogens is 334 g/mol. The minimum atomic E-state index is 0. The van der Waals surface area contributed by atoms with Gasteiger partial charge in [0, 0.05) is 36.3 Å². The van der Waals surface area contributed by atoms with Crippen LogP contribution < -0.4 is 0 Å². The molecule has 122 valence electrons. The molecule has 1 N–H and O–H groups in total. The monoisotopic (exact) mass is 351 g/mol. The Hall–Kier alpha value is -1.41. The van der Waals surface area contributed by atoms with Crippen LogP contribution in [0.25, 0.3) is 22.1 Å². The second-order valence-corrected chi connectivity index (χ2v) is 6.33. The van der Waals surface area contributed by atoms with Crippen LogP contribution >= 0.6 is 24.2 Å². The second kappa shape index (κ2) is 7.44. The van der Waals surface area contributed by atoms with Crippen LogP contribution in [-0.2, 0) is 4.74 Å². The molecule has 23 heavy (non-hydrogen) atoms. The maximum atomic E-state index is 5.36. The number of morpholine rings is 1. The summed E-state index contributed by atoms with van der Waals surface area (Å²) in [6.45, 7) is 4.74. The van der Waals surface area contributed by atoms with Crippen molar-refractivity contribution in [3.63, 3.8) is 0 Å². The molecule has 1 fully saturated rings. The number of para-hydroxylation sites is 1. The van der Waals surface area contributed by atoms with Crippen LogP contribution in [0.4, 0.5) is 0 Å². The Bertz CT molecular complexity index is 790. The van der Waals surface area contributed by atoms with Gasteiger partial charge in [-0.3, -0.25) is 4.90 Å². The summed E-state index contributed by atoms with van der Waals surface area (Å²) in [7, 11) is 0. The highest BCUT2D eigenvalue weighted by molar-refractivity contribution is 7.99. The summed E-state index contributed by atoms with van der Waals surface area (Å²) in [4.78, 5) is 10.3. The molecular formula is C15H18ClN5OS. The third-order valence-electron chi connectivity index (χ3n) is 3.84. The summed E-state index contributed by atoms with van der Waals surface area (Å²) in [5.74, 6) is 0.968. The molecule has 0 aliphatic carbocycles. The van der Waals surface area contributed by atoms with Gasteiger partial charge in [0.15, 0.2) is 5.65 Å². The van der Waals surface area contributed by atoms with E-state index in [0.29, 0.717) is 0 Å². The summed E-state index contributed by atoms with van der Waals surface area (Å²) in [6, 6.07) is 8.11. The molecule has 6 nitrogen and oxygen atoms in total. The molecule has 1 aliphatic rings. The summed E-state index contributed by atoms with van der Waals surface area (Å²) in [5, 5.41) is 10.3. The van der Waals surface area contributed by atoms with Crippen LogP contribution in [0.2, 0.25) is 0 Å². The Balaban J connectivity index is 0.00000156. The minimum Gasteiger partial charge on any atom is -0.379 e. The van der Waals surface area contributed by atoms with E-state index in [2.05, 4.69) is 31.1 Å². The first-order chi connectivity index (χ1) is 10.9. The number of benzene rings is 1. The van der Waals surface area contributed by atoms with Gasteiger partial charge in [-0.25, -0.2) is 4.98 Å². The van der Waals surface area contributed by atoms with Crippen LogP contribution in [0, 0.1) is 0 Å². The molecule has 1 aliphatic heterocycles. The van der Waals surface area contributed by atoms with Gasteiger partial charge in [0.25, 0.3) is 0 Å². The van der Waals surface area contributed by atoms with Gasteiger partial charge in [0.1, 0.15) is 5.52 Å². The molecule has 0 saturated carbocycles. The van der Waals surface area contributed by atoms with Crippen molar-refractivity contribution in [1.29, 1.82) is 0 Å². The lowest BCUT2D eigenvalue weighted by Gasteiger charge is -2.26. The number of ether oxygens (including phenoxy) is 1. The largest absolute Gasteiger partial charge is 0.379 e. The van der Waals surface area contributed by atoms with Crippen LogP contribution in [0.1, 0.15) is 0 Å². The first-order valence-electron chi connectivity index (χ1n) is 7.44. The minimum absolute atomic E-state index is 0. The maximum Gasteiger partial charge on any atom is 0.209 e. The fourth-order valence-electron chi connectivity index (χ4n) is 2.66. The second-order valence-electron chi connectivity index (χ2n) is 5.26. The Labute approximate surface area is 144 Å². The van der Waals surface area contributed by atoms with Gasteiger partial charge >= 0.3 is 0 Å². The predicted molar refractivity (Wildman–Crippen MR) is 94.4 cm³/mol. The zero-order valence-corrected chi connectivity index (χ0v) is 14.2. The van der Waals surface area contributed by atoms with Gasteiger partial charge in [-0.2, -0.15) is 0 Å². The SMILES string of the molecule is Cl.c1ccc2c(c1)[nH]c1nnc(SCCN3CCOCC3)nc12. The van der Waals surface area contributed by atoms with Crippen molar-refractivity contribution in [2.45, 2.75) is 5.16 Å². The van der Waals surface area contributed by atoms with Crippen molar-refractivity contribution < 1.29 is 4.74 Å². The van der Waals surface area contributed by atoms with Crippen LogP contribution in [0.3, 0.4) is 0 Å². The van der Waals surface area contributed by atoms with E-state index >= 15 is 0 Å². The Morgan fingerprint density at radius 2 is 2.00 bits per heavy atom. The number of nitrogens with zero attached hydrogens (tertiary/aromatic N) is 4. The van der Waals surface area contributed by atoms with Crippen molar-refractivity contribution in [3.05, 3.63) is 24.3 Å². The first kappa shape index (κ1) is 16.4. The summed E-state index contributed by atoms with van der Waals surface area (Å²) < 4.78 is 5.36. The first-order valence-corrected chi connectivity index (χ1v) is 8.43. The fraction of sp³-hybridized carbons (Fsp3) is 0.400. The average Bonchev–Trinajstić information content (AvgIpc) is 2.94. The van der Waals surface area contributed by atoms with Crippen molar-refractivity contribution in [2.75, 3.05) is 38.6 Å². The van der Waals surface area contributed by atoms with Gasteiger partial charge in [-0.15, -0.1) is 22.6 Å². The number of thioether (sulfide) groups is 1. The number of nitrogens with one attached hydrogen (secondary N) is 1. The predicted octanol–water partition coefficient (Wildman–Crippen LogP) is 2.35. The van der Waals surface area contributed by atoms with Gasteiger partial charge in [0.05, 0.1) is 13.2 Å². The zero-order chi connectivity index (χ0) is 14.8. The van der Waals surface area contributed by atoms with Gasteiger partial charge in [-0.1, -0.05) is 30.0 Å². The number of aromatic nitrogens is 4. The van der Waals surface area contributed by atoms with Gasteiger partial charge < -0.3 is 9.72 Å². The third kappa shape index (κ3) is 3.58. The molecule has 4 rings (SSSR count). The fourth-order valence-corrected chi connectivity index (χ4v) is 3.45. The van der Waals surface area contributed by atoms with Crippen LogP contribution in [0.5, 0.6) is 0 Å². The zero-order valence-electron chi connectivity index (χ0n) is 12.6. The van der Waals surface area contributed by atoms with E-state index < -0.39 is 0 Å². The van der Waals surface area contributed by atoms with Crippen LogP contribution in [-0.4, -0.2) is 63.7 Å². The Kier molecular flexibility index (Phi) is 5.32. The molecule has 0 radical (unpaired) electrons. The highest BCUT2D eigenvalue weighted by Crippen LogP contribution is 2.23. The van der Waals surface area contributed by atoms with E-state index in [1.54, 1.807) is 11.8 Å². The average molecular weight is 352 g/mol. The van der Waals surface area contributed by atoms with Crippen molar-refractivity contribution >= 4 is 46.2 Å². The van der Waals surface area contributed by atoms with Crippen LogP contribution in [0.15, 0.2) is 29.4 Å². The highest BCUT2D eigenvalue weighted by Gasteiger charge is 2.12. The molecule has 8 heteroatoms. The lowest BCUT2D eigenvalue weighted by molar-refractivity contribution is 0.0410. The van der Waals surface area contributed by atoms with E-state index in [9.17, 15) is 0 Å². The molecule has 0 unspecified atom stereocenters. The standard InChI is InChI=1S/C15H17N5OS.ClH/c1-2-4-12-11(3-1)13-14(16-12)18-19-15(17-13)22-10-7-20-5-8-21-9-6-20;/h1-4H,5-10H2,(H,16,18);1H. The number of rotatable bonds is 4. The molecule has 0 bridgehead atoms. The normalized spacial score (nSPS) is 15.8. The molecule has 0 atom stereocenters. The number of halogens is 1. The Morgan fingerprint density at radius 3 is 2.87 bits per heavy atom. The molecule has 1 aromatic carbocycles. The molecule has 0 spiro atoms. The van der Waals surface area contributed by atoms with E-state index in [4.69, 9.17) is 4.74 Å². The number of fused-ring (bicyclic) bond motifs is 3. The molecule has 1 saturated heterocycles. The van der Waals surface area contributed by atoms with E-state index in [1.807, 2.05) is 18.2 Å². The Morgan fingerprint density at radius 1 is 1.17 bits per heavy atom. The van der Waals surface area contributed by atoms with Crippen molar-refractivity contribution in [1.82, 2.24) is 25.1 Å². The molecule has 3 aromatic rings. The molecule has 3 heterocycles. The van der Waals surface area contributed by atoms with E-state index in [1.165, 1.54) is 0 Å². The third-order valence-corrected chi connectivity index (χ3v) is 4.66. The maximum absolute atomic E-state index is 5.36. The van der Waals surface area contributed by atoms with Crippen molar-refractivity contribution in [3.8, 4) is 0 Å². The highest BCUT2D eigenvalue weighted by atomic mass is 35.5. The number of aromatic amines is 1. The molecule has 2 aromatic heterocycles.